The number of methoxy groups -OCH3 is 3. The molecule has 8 nitrogen and oxygen atoms in total. The Morgan fingerprint density at radius 3 is 2.00 bits per heavy atom. The van der Waals surface area contributed by atoms with Crippen molar-refractivity contribution in [3.8, 4) is 23.0 Å². The summed E-state index contributed by atoms with van der Waals surface area (Å²) >= 11 is 0. The Hall–Kier alpha value is -3.42. The van der Waals surface area contributed by atoms with Gasteiger partial charge in [-0.25, -0.2) is 0 Å². The zero-order valence-electron chi connectivity index (χ0n) is 14.7. The molecule has 2 rings (SSSR count). The van der Waals surface area contributed by atoms with Crippen molar-refractivity contribution in [1.29, 1.82) is 0 Å². The fraction of sp³-hybridized carbons (Fsp3) is 0.222. The van der Waals surface area contributed by atoms with Gasteiger partial charge in [0, 0.05) is 11.3 Å². The van der Waals surface area contributed by atoms with Gasteiger partial charge in [0.05, 0.1) is 21.3 Å². The molecular weight excluding hydrogens is 340 g/mol. The van der Waals surface area contributed by atoms with Crippen molar-refractivity contribution in [2.75, 3.05) is 33.3 Å². The van der Waals surface area contributed by atoms with Crippen LogP contribution in [0.15, 0.2) is 36.4 Å². The van der Waals surface area contributed by atoms with Gasteiger partial charge in [0.1, 0.15) is 5.75 Å². The van der Waals surface area contributed by atoms with Gasteiger partial charge in [0.2, 0.25) is 5.75 Å². The van der Waals surface area contributed by atoms with Crippen LogP contribution in [0.25, 0.3) is 0 Å². The predicted octanol–water partition coefficient (Wildman–Crippen LogP) is 1.83. The number of nitrogens with one attached hydrogen (secondary N) is 1. The molecule has 0 aromatic heterocycles. The van der Waals surface area contributed by atoms with Crippen molar-refractivity contribution in [2.24, 2.45) is 5.73 Å². The molecule has 3 N–H and O–H groups in total. The van der Waals surface area contributed by atoms with Gasteiger partial charge in [0.15, 0.2) is 18.1 Å². The molecular formula is C18H20N2O6. The molecule has 0 spiro atoms. The third-order valence-electron chi connectivity index (χ3n) is 3.42. The number of nitrogens with two attached hydrogens (primary N) is 1. The van der Waals surface area contributed by atoms with Gasteiger partial charge >= 0.3 is 0 Å². The average Bonchev–Trinajstić information content (AvgIpc) is 2.65. The SMILES string of the molecule is COc1cc(C(=O)Nc2ccc(OCC(N)=O)cc2)cc(OC)c1OC. The number of primary amides is 1. The summed E-state index contributed by atoms with van der Waals surface area (Å²) < 4.78 is 20.9. The molecule has 26 heavy (non-hydrogen) atoms. The largest absolute Gasteiger partial charge is 0.493 e. The Balaban J connectivity index is 2.15. The Bertz CT molecular complexity index is 764. The molecule has 0 unspecified atom stereocenters. The number of benzene rings is 2. The van der Waals surface area contributed by atoms with Crippen LogP contribution in [0.2, 0.25) is 0 Å². The highest BCUT2D eigenvalue weighted by Gasteiger charge is 2.17. The van der Waals surface area contributed by atoms with E-state index >= 15 is 0 Å². The minimum absolute atomic E-state index is 0.211. The molecule has 0 radical (unpaired) electrons. The first-order valence-electron chi connectivity index (χ1n) is 7.61. The third kappa shape index (κ3) is 4.56. The lowest BCUT2D eigenvalue weighted by Crippen LogP contribution is -2.20. The molecule has 8 heteroatoms. The first kappa shape index (κ1) is 18.9. The van der Waals surface area contributed by atoms with Crippen molar-refractivity contribution in [2.45, 2.75) is 0 Å². The van der Waals surface area contributed by atoms with E-state index in [0.29, 0.717) is 34.2 Å². The van der Waals surface area contributed by atoms with Crippen LogP contribution >= 0.6 is 0 Å². The summed E-state index contributed by atoms with van der Waals surface area (Å²) in [4.78, 5) is 23.2. The van der Waals surface area contributed by atoms with Crippen LogP contribution in [0.1, 0.15) is 10.4 Å². The molecule has 0 heterocycles. The maximum atomic E-state index is 12.5. The molecule has 138 valence electrons. The number of anilines is 1. The Labute approximate surface area is 150 Å². The second kappa shape index (κ2) is 8.61. The fourth-order valence-electron chi connectivity index (χ4n) is 2.20. The Morgan fingerprint density at radius 1 is 0.962 bits per heavy atom. The van der Waals surface area contributed by atoms with Crippen LogP contribution in [0, 0.1) is 0 Å². The zero-order chi connectivity index (χ0) is 19.1. The summed E-state index contributed by atoms with van der Waals surface area (Å²) in [7, 11) is 4.44. The summed E-state index contributed by atoms with van der Waals surface area (Å²) in [5.41, 5.74) is 5.91. The van der Waals surface area contributed by atoms with Crippen molar-refractivity contribution in [3.63, 3.8) is 0 Å². The van der Waals surface area contributed by atoms with Gasteiger partial charge in [-0.05, 0) is 36.4 Å². The monoisotopic (exact) mass is 360 g/mol. The molecule has 2 amide bonds. The summed E-state index contributed by atoms with van der Waals surface area (Å²) in [5.74, 6) is 0.719. The van der Waals surface area contributed by atoms with E-state index in [0.717, 1.165) is 0 Å². The smallest absolute Gasteiger partial charge is 0.255 e. The lowest BCUT2D eigenvalue weighted by Gasteiger charge is -2.14. The molecule has 2 aromatic rings. The first-order valence-corrected chi connectivity index (χ1v) is 7.61. The van der Waals surface area contributed by atoms with Crippen LogP contribution in [0.4, 0.5) is 5.69 Å². The van der Waals surface area contributed by atoms with E-state index in [4.69, 9.17) is 24.7 Å². The van der Waals surface area contributed by atoms with E-state index in [1.54, 1.807) is 36.4 Å². The molecule has 0 saturated heterocycles. The normalized spacial score (nSPS) is 9.96. The highest BCUT2D eigenvalue weighted by molar-refractivity contribution is 6.05. The number of amides is 2. The lowest BCUT2D eigenvalue weighted by atomic mass is 10.1. The molecule has 0 fully saturated rings. The van der Waals surface area contributed by atoms with E-state index in [-0.39, 0.29) is 12.5 Å². The van der Waals surface area contributed by atoms with Gasteiger partial charge in [-0.1, -0.05) is 0 Å². The number of hydrogen-bond donors (Lipinski definition) is 2. The average molecular weight is 360 g/mol. The molecule has 0 atom stereocenters. The van der Waals surface area contributed by atoms with Gasteiger partial charge in [-0.15, -0.1) is 0 Å². The van der Waals surface area contributed by atoms with Crippen LogP contribution < -0.4 is 30.0 Å². The summed E-state index contributed by atoms with van der Waals surface area (Å²) in [6.45, 7) is -0.211. The molecule has 0 aliphatic rings. The number of hydrogen-bond acceptors (Lipinski definition) is 6. The molecule has 0 aliphatic carbocycles. The standard InChI is InChI=1S/C18H20N2O6/c1-23-14-8-11(9-15(24-2)17(14)25-3)18(22)20-12-4-6-13(7-5-12)26-10-16(19)21/h4-9H,10H2,1-3H3,(H2,19,21)(H,20,22). The van der Waals surface area contributed by atoms with Crippen LogP contribution in [0.3, 0.4) is 0 Å². The number of ether oxygens (including phenoxy) is 4. The van der Waals surface area contributed by atoms with Crippen molar-refractivity contribution in [3.05, 3.63) is 42.0 Å². The van der Waals surface area contributed by atoms with Gasteiger partial charge in [-0.2, -0.15) is 0 Å². The summed E-state index contributed by atoms with van der Waals surface area (Å²) in [6, 6.07) is 9.64. The quantitative estimate of drug-likeness (QED) is 0.743. The van der Waals surface area contributed by atoms with Gasteiger partial charge < -0.3 is 30.0 Å². The van der Waals surface area contributed by atoms with Crippen molar-refractivity contribution in [1.82, 2.24) is 0 Å². The molecule has 2 aromatic carbocycles. The maximum absolute atomic E-state index is 12.5. The molecule has 0 bridgehead atoms. The van der Waals surface area contributed by atoms with E-state index < -0.39 is 5.91 Å². The second-order valence-corrected chi connectivity index (χ2v) is 5.15. The van der Waals surface area contributed by atoms with Crippen LogP contribution in [-0.2, 0) is 4.79 Å². The maximum Gasteiger partial charge on any atom is 0.255 e. The van der Waals surface area contributed by atoms with E-state index in [2.05, 4.69) is 5.32 Å². The van der Waals surface area contributed by atoms with E-state index in [1.165, 1.54) is 21.3 Å². The van der Waals surface area contributed by atoms with Gasteiger partial charge in [-0.3, -0.25) is 9.59 Å². The minimum atomic E-state index is -0.565. The molecule has 0 saturated carbocycles. The minimum Gasteiger partial charge on any atom is -0.493 e. The Kier molecular flexibility index (Phi) is 6.26. The number of carbonyl (C=O) groups excluding carboxylic acids is 2. The molecule has 0 aliphatic heterocycles. The highest BCUT2D eigenvalue weighted by atomic mass is 16.5. The van der Waals surface area contributed by atoms with Crippen LogP contribution in [0.5, 0.6) is 23.0 Å². The first-order chi connectivity index (χ1) is 12.5. The Morgan fingerprint density at radius 2 is 1.54 bits per heavy atom. The van der Waals surface area contributed by atoms with E-state index in [9.17, 15) is 9.59 Å². The topological polar surface area (TPSA) is 109 Å². The van der Waals surface area contributed by atoms with Gasteiger partial charge in [0.25, 0.3) is 11.8 Å². The van der Waals surface area contributed by atoms with Crippen molar-refractivity contribution < 1.29 is 28.5 Å². The zero-order valence-corrected chi connectivity index (χ0v) is 14.7. The summed E-state index contributed by atoms with van der Waals surface area (Å²) in [5, 5.41) is 2.75. The summed E-state index contributed by atoms with van der Waals surface area (Å²) in [6.07, 6.45) is 0. The van der Waals surface area contributed by atoms with E-state index in [1.807, 2.05) is 0 Å². The second-order valence-electron chi connectivity index (χ2n) is 5.15. The fourth-order valence-corrected chi connectivity index (χ4v) is 2.20. The predicted molar refractivity (Wildman–Crippen MR) is 95.2 cm³/mol. The third-order valence-corrected chi connectivity index (χ3v) is 3.42. The number of rotatable bonds is 8. The van der Waals surface area contributed by atoms with Crippen LogP contribution in [-0.4, -0.2) is 39.8 Å². The lowest BCUT2D eigenvalue weighted by molar-refractivity contribution is -0.119. The highest BCUT2D eigenvalue weighted by Crippen LogP contribution is 2.38. The van der Waals surface area contributed by atoms with Crippen molar-refractivity contribution >= 4 is 17.5 Å². The number of carbonyl (C=O) groups is 2.